The Hall–Kier alpha value is -1.44. The second-order valence-electron chi connectivity index (χ2n) is 1.64. The smallest absolute Gasteiger partial charge is 0.152 e. The van der Waals surface area contributed by atoms with Crippen LogP contribution in [0.1, 0.15) is 10.4 Å². The number of aldehydes is 1. The van der Waals surface area contributed by atoms with E-state index in [9.17, 15) is 9.18 Å². The van der Waals surface area contributed by atoms with Gasteiger partial charge in [-0.05, 0) is 12.1 Å². The van der Waals surface area contributed by atoms with Gasteiger partial charge >= 0.3 is 0 Å². The van der Waals surface area contributed by atoms with Crippen LogP contribution in [-0.2, 0) is 0 Å². The molecule has 0 fully saturated rings. The molecule has 0 saturated carbocycles. The number of rotatable bonds is 1. The molecule has 0 spiro atoms. The number of hydrogen-bond acceptors (Lipinski definition) is 1. The van der Waals surface area contributed by atoms with Crippen LogP contribution < -0.4 is 0 Å². The predicted molar refractivity (Wildman–Crippen MR) is 43.0 cm³/mol. The van der Waals surface area contributed by atoms with Gasteiger partial charge < -0.3 is 0 Å². The first kappa shape index (κ1) is 9.56. The summed E-state index contributed by atoms with van der Waals surface area (Å²) in [6, 6.07) is 5.85. The number of halogens is 1. The van der Waals surface area contributed by atoms with Crippen LogP contribution in [0.15, 0.2) is 37.4 Å². The Bertz CT molecular complexity index is 233. The van der Waals surface area contributed by atoms with Crippen molar-refractivity contribution >= 4 is 6.29 Å². The highest BCUT2D eigenvalue weighted by molar-refractivity contribution is 5.74. The molecular formula is C9H9FO. The van der Waals surface area contributed by atoms with Gasteiger partial charge in [0.1, 0.15) is 5.82 Å². The quantitative estimate of drug-likeness (QED) is 0.446. The van der Waals surface area contributed by atoms with E-state index in [1.54, 1.807) is 12.1 Å². The minimum Gasteiger partial charge on any atom is -0.298 e. The van der Waals surface area contributed by atoms with Crippen LogP contribution in [-0.4, -0.2) is 6.29 Å². The van der Waals surface area contributed by atoms with Gasteiger partial charge in [-0.25, -0.2) is 4.39 Å². The molecule has 0 amide bonds. The first-order chi connectivity index (χ1) is 5.34. The lowest BCUT2D eigenvalue weighted by molar-refractivity contribution is 0.112. The van der Waals surface area contributed by atoms with Gasteiger partial charge in [0.25, 0.3) is 0 Å². The summed E-state index contributed by atoms with van der Waals surface area (Å²) in [5.74, 6) is -0.465. The van der Waals surface area contributed by atoms with Crippen LogP contribution in [0.3, 0.4) is 0 Å². The lowest BCUT2D eigenvalue weighted by atomic mass is 10.2. The third kappa shape index (κ3) is 2.76. The van der Waals surface area contributed by atoms with Gasteiger partial charge in [0.15, 0.2) is 6.29 Å². The molecule has 0 N–H and O–H groups in total. The maximum Gasteiger partial charge on any atom is 0.152 e. The lowest BCUT2D eigenvalue weighted by Gasteiger charge is -1.88. The molecule has 0 aliphatic carbocycles. The van der Waals surface area contributed by atoms with E-state index < -0.39 is 5.82 Å². The largest absolute Gasteiger partial charge is 0.298 e. The van der Waals surface area contributed by atoms with Crippen LogP contribution in [0.2, 0.25) is 0 Å². The molecule has 0 aromatic heterocycles. The summed E-state index contributed by atoms with van der Waals surface area (Å²) in [4.78, 5) is 9.99. The van der Waals surface area contributed by atoms with E-state index in [4.69, 9.17) is 0 Å². The van der Waals surface area contributed by atoms with E-state index in [0.29, 0.717) is 6.29 Å². The summed E-state index contributed by atoms with van der Waals surface area (Å²) in [5.41, 5.74) is 0.109. The highest BCUT2D eigenvalue weighted by Gasteiger charge is 1.94. The molecule has 0 aliphatic rings. The standard InChI is InChI=1S/C7H5FO.C2H4/c8-7-4-2-1-3-6(7)5-9;1-2/h1-5H;1-2H2. The van der Waals surface area contributed by atoms with Gasteiger partial charge in [-0.3, -0.25) is 4.79 Å². The van der Waals surface area contributed by atoms with Crippen molar-refractivity contribution in [1.29, 1.82) is 0 Å². The number of carbonyl (C=O) groups excluding carboxylic acids is 1. The Labute approximate surface area is 65.2 Å². The fourth-order valence-electron chi connectivity index (χ4n) is 0.571. The molecule has 1 aromatic carbocycles. The zero-order valence-corrected chi connectivity index (χ0v) is 6.09. The molecule has 11 heavy (non-hydrogen) atoms. The third-order valence-corrected chi connectivity index (χ3v) is 1.03. The number of benzene rings is 1. The molecule has 1 rings (SSSR count). The van der Waals surface area contributed by atoms with Gasteiger partial charge in [-0.2, -0.15) is 0 Å². The average molecular weight is 152 g/mol. The van der Waals surface area contributed by atoms with Gasteiger partial charge in [0.2, 0.25) is 0 Å². The highest BCUT2D eigenvalue weighted by atomic mass is 19.1. The van der Waals surface area contributed by atoms with Gasteiger partial charge in [0.05, 0.1) is 5.56 Å². The first-order valence-electron chi connectivity index (χ1n) is 3.04. The third-order valence-electron chi connectivity index (χ3n) is 1.03. The molecule has 2 heteroatoms. The topological polar surface area (TPSA) is 17.1 Å². The van der Waals surface area contributed by atoms with Crippen LogP contribution in [0.5, 0.6) is 0 Å². The average Bonchev–Trinajstić information content (AvgIpc) is 2.09. The summed E-state index contributed by atoms with van der Waals surface area (Å²) in [6.07, 6.45) is 0.495. The van der Waals surface area contributed by atoms with Crippen LogP contribution in [0, 0.1) is 5.82 Å². The summed E-state index contributed by atoms with van der Waals surface area (Å²) in [6.45, 7) is 6.00. The lowest BCUT2D eigenvalue weighted by Crippen LogP contribution is -1.83. The maximum absolute atomic E-state index is 12.4. The molecule has 1 aromatic rings. The summed E-state index contributed by atoms with van der Waals surface area (Å²) in [7, 11) is 0. The molecular weight excluding hydrogens is 143 g/mol. The minimum absolute atomic E-state index is 0.109. The first-order valence-corrected chi connectivity index (χ1v) is 3.04. The minimum atomic E-state index is -0.465. The van der Waals surface area contributed by atoms with Crippen LogP contribution in [0.4, 0.5) is 4.39 Å². The molecule has 0 atom stereocenters. The molecule has 0 unspecified atom stereocenters. The second-order valence-corrected chi connectivity index (χ2v) is 1.64. The Morgan fingerprint density at radius 3 is 2.18 bits per heavy atom. The summed E-state index contributed by atoms with van der Waals surface area (Å²) >= 11 is 0. The van der Waals surface area contributed by atoms with Crippen molar-refractivity contribution in [2.75, 3.05) is 0 Å². The fourth-order valence-corrected chi connectivity index (χ4v) is 0.571. The van der Waals surface area contributed by atoms with E-state index in [1.165, 1.54) is 12.1 Å². The molecule has 1 nitrogen and oxygen atoms in total. The van der Waals surface area contributed by atoms with Crippen molar-refractivity contribution in [1.82, 2.24) is 0 Å². The molecule has 58 valence electrons. The normalized spacial score (nSPS) is 7.73. The molecule has 0 bridgehead atoms. The van der Waals surface area contributed by atoms with Crippen molar-refractivity contribution in [2.45, 2.75) is 0 Å². The van der Waals surface area contributed by atoms with Crippen molar-refractivity contribution in [3.05, 3.63) is 48.8 Å². The molecule has 0 heterocycles. The Kier molecular flexibility index (Phi) is 4.65. The van der Waals surface area contributed by atoms with Crippen molar-refractivity contribution in [2.24, 2.45) is 0 Å². The van der Waals surface area contributed by atoms with Crippen molar-refractivity contribution in [3.63, 3.8) is 0 Å². The van der Waals surface area contributed by atoms with E-state index in [1.807, 2.05) is 0 Å². The fraction of sp³-hybridized carbons (Fsp3) is 0. The van der Waals surface area contributed by atoms with E-state index >= 15 is 0 Å². The van der Waals surface area contributed by atoms with E-state index in [2.05, 4.69) is 13.2 Å². The van der Waals surface area contributed by atoms with Crippen molar-refractivity contribution in [3.8, 4) is 0 Å². The van der Waals surface area contributed by atoms with Gasteiger partial charge in [-0.15, -0.1) is 13.2 Å². The summed E-state index contributed by atoms with van der Waals surface area (Å²) < 4.78 is 12.4. The molecule has 0 aliphatic heterocycles. The Morgan fingerprint density at radius 2 is 1.82 bits per heavy atom. The monoisotopic (exact) mass is 152 g/mol. The van der Waals surface area contributed by atoms with E-state index in [-0.39, 0.29) is 5.56 Å². The van der Waals surface area contributed by atoms with Gasteiger partial charge in [0, 0.05) is 0 Å². The SMILES string of the molecule is C=C.O=Cc1ccccc1F. The number of carbonyl (C=O) groups is 1. The Morgan fingerprint density at radius 1 is 1.27 bits per heavy atom. The van der Waals surface area contributed by atoms with Crippen LogP contribution in [0.25, 0.3) is 0 Å². The van der Waals surface area contributed by atoms with Gasteiger partial charge in [-0.1, -0.05) is 12.1 Å². The maximum atomic E-state index is 12.4. The second kappa shape index (κ2) is 5.35. The Balaban J connectivity index is 0.000000461. The summed E-state index contributed by atoms with van der Waals surface area (Å²) in [5, 5.41) is 0. The van der Waals surface area contributed by atoms with E-state index in [0.717, 1.165) is 0 Å². The number of hydrogen-bond donors (Lipinski definition) is 0. The van der Waals surface area contributed by atoms with Crippen molar-refractivity contribution < 1.29 is 9.18 Å². The van der Waals surface area contributed by atoms with Crippen LogP contribution >= 0.6 is 0 Å². The highest BCUT2D eigenvalue weighted by Crippen LogP contribution is 2.01. The zero-order valence-electron chi connectivity index (χ0n) is 6.09. The predicted octanol–water partition coefficient (Wildman–Crippen LogP) is 2.44. The molecule has 0 radical (unpaired) electrons. The molecule has 0 saturated heterocycles. The zero-order chi connectivity index (χ0) is 8.69.